The summed E-state index contributed by atoms with van der Waals surface area (Å²) in [6, 6.07) is 7.72. The van der Waals surface area contributed by atoms with Crippen molar-refractivity contribution in [2.24, 2.45) is 12.8 Å². The Morgan fingerprint density at radius 1 is 1.38 bits per heavy atom. The zero-order valence-electron chi connectivity index (χ0n) is 9.13. The van der Waals surface area contributed by atoms with E-state index in [0.29, 0.717) is 13.2 Å². The van der Waals surface area contributed by atoms with Crippen LogP contribution in [0.3, 0.4) is 0 Å². The molecule has 0 spiro atoms. The van der Waals surface area contributed by atoms with E-state index < -0.39 is 0 Å². The van der Waals surface area contributed by atoms with Gasteiger partial charge in [-0.25, -0.2) is 0 Å². The van der Waals surface area contributed by atoms with Crippen molar-refractivity contribution >= 4 is 0 Å². The van der Waals surface area contributed by atoms with Crippen molar-refractivity contribution in [3.05, 3.63) is 41.7 Å². The Morgan fingerprint density at radius 2 is 2.19 bits per heavy atom. The summed E-state index contributed by atoms with van der Waals surface area (Å²) < 4.78 is 7.28. The lowest BCUT2D eigenvalue weighted by Gasteiger charge is -2.08. The Hall–Kier alpha value is -1.88. The third kappa shape index (κ3) is 2.38. The summed E-state index contributed by atoms with van der Waals surface area (Å²) in [6.07, 6.45) is 1.82. The Labute approximate surface area is 93.8 Å². The van der Waals surface area contributed by atoms with Crippen molar-refractivity contribution < 1.29 is 4.74 Å². The smallest absolute Gasteiger partial charge is 0.134 e. The molecule has 2 aromatic rings. The molecule has 0 unspecified atom stereocenters. The summed E-state index contributed by atoms with van der Waals surface area (Å²) in [7, 11) is 1.82. The monoisotopic (exact) mass is 218 g/mol. The van der Waals surface area contributed by atoms with Gasteiger partial charge in [0.1, 0.15) is 18.1 Å². The third-order valence-corrected chi connectivity index (χ3v) is 2.22. The minimum Gasteiger partial charge on any atom is -0.487 e. The highest BCUT2D eigenvalue weighted by Gasteiger charge is 2.03. The van der Waals surface area contributed by atoms with Gasteiger partial charge in [-0.05, 0) is 6.07 Å². The molecule has 2 rings (SSSR count). The normalized spacial score (nSPS) is 10.4. The molecule has 0 atom stereocenters. The Balaban J connectivity index is 2.04. The molecule has 5 heteroatoms. The molecule has 1 aromatic heterocycles. The third-order valence-electron chi connectivity index (χ3n) is 2.22. The van der Waals surface area contributed by atoms with Crippen molar-refractivity contribution in [1.29, 1.82) is 0 Å². The van der Waals surface area contributed by atoms with Crippen LogP contribution in [0.1, 0.15) is 11.3 Å². The molecular formula is C11H14N4O. The van der Waals surface area contributed by atoms with E-state index in [2.05, 4.69) is 10.3 Å². The summed E-state index contributed by atoms with van der Waals surface area (Å²) in [5, 5.41) is 7.78. The van der Waals surface area contributed by atoms with Crippen LogP contribution in [0.2, 0.25) is 0 Å². The van der Waals surface area contributed by atoms with Gasteiger partial charge < -0.3 is 10.5 Å². The molecule has 5 nitrogen and oxygen atoms in total. The molecule has 0 saturated carbocycles. The molecule has 84 valence electrons. The summed E-state index contributed by atoms with van der Waals surface area (Å²) in [6.45, 7) is 0.876. The second kappa shape index (κ2) is 4.76. The number of hydrogen-bond donors (Lipinski definition) is 1. The van der Waals surface area contributed by atoms with Gasteiger partial charge in [-0.3, -0.25) is 4.68 Å². The molecular weight excluding hydrogens is 204 g/mol. The molecule has 0 bridgehead atoms. The average molecular weight is 218 g/mol. The highest BCUT2D eigenvalue weighted by molar-refractivity contribution is 5.33. The Morgan fingerprint density at radius 3 is 2.88 bits per heavy atom. The number of para-hydroxylation sites is 1. The predicted molar refractivity (Wildman–Crippen MR) is 59.7 cm³/mol. The first-order valence-electron chi connectivity index (χ1n) is 5.05. The van der Waals surface area contributed by atoms with Crippen molar-refractivity contribution in [3.63, 3.8) is 0 Å². The first-order chi connectivity index (χ1) is 7.79. The molecule has 2 N–H and O–H groups in total. The summed E-state index contributed by atoms with van der Waals surface area (Å²) in [5.41, 5.74) is 7.40. The van der Waals surface area contributed by atoms with Crippen LogP contribution in [0.5, 0.6) is 5.75 Å². The van der Waals surface area contributed by atoms with Gasteiger partial charge in [0.05, 0.1) is 6.20 Å². The lowest BCUT2D eigenvalue weighted by Crippen LogP contribution is -2.02. The molecule has 16 heavy (non-hydrogen) atoms. The maximum absolute atomic E-state index is 5.63. The molecule has 0 aliphatic carbocycles. The predicted octanol–water partition coefficient (Wildman–Crippen LogP) is 0.853. The van der Waals surface area contributed by atoms with E-state index >= 15 is 0 Å². The van der Waals surface area contributed by atoms with Crippen LogP contribution in [0, 0.1) is 0 Å². The van der Waals surface area contributed by atoms with Crippen LogP contribution < -0.4 is 10.5 Å². The fraction of sp³-hybridized carbons (Fsp3) is 0.273. The highest BCUT2D eigenvalue weighted by Crippen LogP contribution is 2.17. The molecule has 0 fully saturated rings. The zero-order chi connectivity index (χ0) is 11.4. The Kier molecular flexibility index (Phi) is 3.16. The lowest BCUT2D eigenvalue weighted by atomic mass is 10.2. The minimum absolute atomic E-state index is 0.408. The minimum atomic E-state index is 0.408. The van der Waals surface area contributed by atoms with Gasteiger partial charge >= 0.3 is 0 Å². The summed E-state index contributed by atoms with van der Waals surface area (Å²) in [5.74, 6) is 0.802. The molecule has 0 aliphatic heterocycles. The van der Waals surface area contributed by atoms with Gasteiger partial charge in [-0.2, -0.15) is 0 Å². The fourth-order valence-electron chi connectivity index (χ4n) is 1.43. The first kappa shape index (κ1) is 10.6. The van der Waals surface area contributed by atoms with Crippen LogP contribution >= 0.6 is 0 Å². The van der Waals surface area contributed by atoms with Gasteiger partial charge in [-0.1, -0.05) is 23.4 Å². The van der Waals surface area contributed by atoms with Crippen LogP contribution in [0.15, 0.2) is 30.5 Å². The largest absolute Gasteiger partial charge is 0.487 e. The zero-order valence-corrected chi connectivity index (χ0v) is 9.13. The van der Waals surface area contributed by atoms with Crippen LogP contribution in [0.4, 0.5) is 0 Å². The summed E-state index contributed by atoms with van der Waals surface area (Å²) >= 11 is 0. The summed E-state index contributed by atoms with van der Waals surface area (Å²) in [4.78, 5) is 0. The van der Waals surface area contributed by atoms with Gasteiger partial charge in [0.2, 0.25) is 0 Å². The average Bonchev–Trinajstić information content (AvgIpc) is 2.73. The van der Waals surface area contributed by atoms with E-state index in [1.165, 1.54) is 0 Å². The number of aromatic nitrogens is 3. The van der Waals surface area contributed by atoms with Crippen molar-refractivity contribution in [1.82, 2.24) is 15.0 Å². The van der Waals surface area contributed by atoms with E-state index in [4.69, 9.17) is 10.5 Å². The number of nitrogens with two attached hydrogens (primary N) is 1. The van der Waals surface area contributed by atoms with Gasteiger partial charge in [0, 0.05) is 19.2 Å². The molecule has 1 aromatic carbocycles. The quantitative estimate of drug-likeness (QED) is 0.826. The standard InChI is InChI=1S/C11H14N4O/c1-15-7-10(13-14-15)8-16-11-5-3-2-4-9(11)6-12/h2-5,7H,6,8,12H2,1H3. The number of ether oxygens (including phenoxy) is 1. The molecule has 0 aliphatic rings. The Bertz CT molecular complexity index is 467. The van der Waals surface area contributed by atoms with Gasteiger partial charge in [0.15, 0.2) is 0 Å². The van der Waals surface area contributed by atoms with E-state index in [9.17, 15) is 0 Å². The fourth-order valence-corrected chi connectivity index (χ4v) is 1.43. The van der Waals surface area contributed by atoms with Crippen molar-refractivity contribution in [2.45, 2.75) is 13.2 Å². The molecule has 0 saturated heterocycles. The van der Waals surface area contributed by atoms with E-state index in [1.807, 2.05) is 37.5 Å². The highest BCUT2D eigenvalue weighted by atomic mass is 16.5. The van der Waals surface area contributed by atoms with Crippen LogP contribution in [-0.4, -0.2) is 15.0 Å². The first-order valence-corrected chi connectivity index (χ1v) is 5.05. The number of aryl methyl sites for hydroxylation is 1. The number of rotatable bonds is 4. The second-order valence-corrected chi connectivity index (χ2v) is 3.48. The van der Waals surface area contributed by atoms with E-state index in [-0.39, 0.29) is 0 Å². The van der Waals surface area contributed by atoms with E-state index in [0.717, 1.165) is 17.0 Å². The van der Waals surface area contributed by atoms with Crippen LogP contribution in [-0.2, 0) is 20.2 Å². The van der Waals surface area contributed by atoms with Crippen molar-refractivity contribution in [3.8, 4) is 5.75 Å². The van der Waals surface area contributed by atoms with Gasteiger partial charge in [-0.15, -0.1) is 5.10 Å². The van der Waals surface area contributed by atoms with Crippen molar-refractivity contribution in [2.75, 3.05) is 0 Å². The molecule has 0 amide bonds. The van der Waals surface area contributed by atoms with E-state index in [1.54, 1.807) is 4.68 Å². The number of hydrogen-bond acceptors (Lipinski definition) is 4. The molecule has 0 radical (unpaired) electrons. The topological polar surface area (TPSA) is 66.0 Å². The number of nitrogens with zero attached hydrogens (tertiary/aromatic N) is 3. The van der Waals surface area contributed by atoms with Gasteiger partial charge in [0.25, 0.3) is 0 Å². The van der Waals surface area contributed by atoms with Crippen LogP contribution in [0.25, 0.3) is 0 Å². The maximum Gasteiger partial charge on any atom is 0.134 e. The number of benzene rings is 1. The SMILES string of the molecule is Cn1cc(COc2ccccc2CN)nn1. The molecule has 1 heterocycles. The maximum atomic E-state index is 5.63. The lowest BCUT2D eigenvalue weighted by molar-refractivity contribution is 0.298. The second-order valence-electron chi connectivity index (χ2n) is 3.48.